The third-order valence-electron chi connectivity index (χ3n) is 4.09. The van der Waals surface area contributed by atoms with Crippen LogP contribution in [0.2, 0.25) is 10.0 Å². The fraction of sp³-hybridized carbons (Fsp3) is 0.250. The number of hydrogen-bond donors (Lipinski definition) is 1. The lowest BCUT2D eigenvalue weighted by Crippen LogP contribution is -2.31. The highest BCUT2D eigenvalue weighted by Gasteiger charge is 2.41. The lowest BCUT2D eigenvalue weighted by atomic mass is 10.3. The first-order valence-corrected chi connectivity index (χ1v) is 10.5. The number of amides is 2. The minimum atomic E-state index is -0.582. The largest absolute Gasteiger partial charge is 0.497 e. The third kappa shape index (κ3) is 5.23. The summed E-state index contributed by atoms with van der Waals surface area (Å²) in [4.78, 5) is 31.1. The second-order valence-electron chi connectivity index (χ2n) is 6.14. The van der Waals surface area contributed by atoms with E-state index in [1.54, 1.807) is 42.5 Å². The number of carbonyl (C=O) groups is 2. The number of methoxy groups -OCH3 is 1. The van der Waals surface area contributed by atoms with Crippen LogP contribution in [0.5, 0.6) is 5.75 Å². The molecule has 1 fully saturated rings. The molecule has 0 aromatic heterocycles. The van der Waals surface area contributed by atoms with E-state index in [4.69, 9.17) is 27.9 Å². The number of aliphatic imine (C=N–C) groups is 1. The fourth-order valence-corrected chi connectivity index (χ4v) is 4.46. The molecule has 0 radical (unpaired) electrons. The Morgan fingerprint density at radius 1 is 1.24 bits per heavy atom. The van der Waals surface area contributed by atoms with E-state index in [1.165, 1.54) is 23.8 Å². The lowest BCUT2D eigenvalue weighted by molar-refractivity contribution is -0.121. The fourth-order valence-electron chi connectivity index (χ4n) is 2.85. The number of amidine groups is 1. The molecule has 3 rings (SSSR count). The SMILES string of the molecule is CCN=C(Nc1cc(Cl)cc(Cl)c1)SC1CC(=O)N(c2cccc(OC)c2)C1=O. The van der Waals surface area contributed by atoms with Crippen LogP contribution in [-0.2, 0) is 9.59 Å². The standard InChI is InChI=1S/C20H19Cl2N3O3S/c1-3-23-20(24-14-8-12(21)7-13(22)9-14)29-17-11-18(26)25(19(17)27)15-5-4-6-16(10-15)28-2/h4-10,17H,3,11H2,1-2H3,(H,23,24). The predicted octanol–water partition coefficient (Wildman–Crippen LogP) is 4.86. The van der Waals surface area contributed by atoms with Gasteiger partial charge in [0.1, 0.15) is 11.0 Å². The van der Waals surface area contributed by atoms with Crippen molar-refractivity contribution in [2.24, 2.45) is 4.99 Å². The van der Waals surface area contributed by atoms with E-state index < -0.39 is 5.25 Å². The Morgan fingerprint density at radius 2 is 1.97 bits per heavy atom. The summed E-state index contributed by atoms with van der Waals surface area (Å²) >= 11 is 13.3. The van der Waals surface area contributed by atoms with E-state index in [2.05, 4.69) is 10.3 Å². The Morgan fingerprint density at radius 3 is 2.62 bits per heavy atom. The van der Waals surface area contributed by atoms with Gasteiger partial charge in [0.15, 0.2) is 5.17 Å². The summed E-state index contributed by atoms with van der Waals surface area (Å²) in [6.07, 6.45) is 0.0847. The summed E-state index contributed by atoms with van der Waals surface area (Å²) in [6, 6.07) is 11.9. The minimum Gasteiger partial charge on any atom is -0.497 e. The van der Waals surface area contributed by atoms with Crippen LogP contribution in [-0.4, -0.2) is 35.9 Å². The molecule has 2 aromatic carbocycles. The predicted molar refractivity (Wildman–Crippen MR) is 120 cm³/mol. The Kier molecular flexibility index (Phi) is 7.05. The van der Waals surface area contributed by atoms with Gasteiger partial charge in [-0.3, -0.25) is 14.6 Å². The Hall–Kier alpha value is -2.22. The maximum Gasteiger partial charge on any atom is 0.247 e. The summed E-state index contributed by atoms with van der Waals surface area (Å²) in [5.74, 6) is 0.0253. The molecule has 152 valence electrons. The summed E-state index contributed by atoms with van der Waals surface area (Å²) in [5, 5.41) is 4.04. The van der Waals surface area contributed by atoms with E-state index in [1.807, 2.05) is 6.92 Å². The molecule has 0 saturated carbocycles. The number of rotatable bonds is 5. The van der Waals surface area contributed by atoms with Gasteiger partial charge in [-0.05, 0) is 37.3 Å². The molecule has 9 heteroatoms. The monoisotopic (exact) mass is 451 g/mol. The van der Waals surface area contributed by atoms with E-state index in [9.17, 15) is 9.59 Å². The second-order valence-corrected chi connectivity index (χ2v) is 8.21. The summed E-state index contributed by atoms with van der Waals surface area (Å²) < 4.78 is 5.19. The van der Waals surface area contributed by atoms with Crippen molar-refractivity contribution in [1.29, 1.82) is 0 Å². The van der Waals surface area contributed by atoms with E-state index in [0.717, 1.165) is 0 Å². The number of anilines is 2. The zero-order valence-corrected chi connectivity index (χ0v) is 18.1. The maximum absolute atomic E-state index is 12.9. The van der Waals surface area contributed by atoms with Crippen LogP contribution in [0.3, 0.4) is 0 Å². The molecule has 0 aliphatic carbocycles. The van der Waals surface area contributed by atoms with E-state index >= 15 is 0 Å². The second kappa shape index (κ2) is 9.52. The molecule has 0 bridgehead atoms. The van der Waals surface area contributed by atoms with Crippen molar-refractivity contribution in [3.8, 4) is 5.75 Å². The molecule has 1 saturated heterocycles. The van der Waals surface area contributed by atoms with Gasteiger partial charge in [0, 0.05) is 34.8 Å². The summed E-state index contributed by atoms with van der Waals surface area (Å²) in [7, 11) is 1.53. The number of carbonyl (C=O) groups excluding carboxylic acids is 2. The lowest BCUT2D eigenvalue weighted by Gasteiger charge is -2.16. The number of hydrogen-bond acceptors (Lipinski definition) is 5. The number of halogens is 2. The number of imide groups is 1. The Balaban J connectivity index is 1.77. The van der Waals surface area contributed by atoms with Gasteiger partial charge >= 0.3 is 0 Å². The van der Waals surface area contributed by atoms with Crippen LogP contribution < -0.4 is 15.0 Å². The molecular weight excluding hydrogens is 433 g/mol. The quantitative estimate of drug-likeness (QED) is 0.399. The van der Waals surface area contributed by atoms with Gasteiger partial charge in [-0.1, -0.05) is 41.0 Å². The highest BCUT2D eigenvalue weighted by Crippen LogP contribution is 2.32. The van der Waals surface area contributed by atoms with Gasteiger partial charge in [-0.15, -0.1) is 0 Å². The van der Waals surface area contributed by atoms with Crippen LogP contribution in [0.4, 0.5) is 11.4 Å². The highest BCUT2D eigenvalue weighted by atomic mass is 35.5. The van der Waals surface area contributed by atoms with Crippen LogP contribution in [0, 0.1) is 0 Å². The first-order chi connectivity index (χ1) is 13.9. The van der Waals surface area contributed by atoms with Crippen LogP contribution >= 0.6 is 35.0 Å². The maximum atomic E-state index is 12.9. The van der Waals surface area contributed by atoms with E-state index in [0.29, 0.717) is 38.9 Å². The van der Waals surface area contributed by atoms with Crippen molar-refractivity contribution < 1.29 is 14.3 Å². The third-order valence-corrected chi connectivity index (χ3v) is 5.63. The van der Waals surface area contributed by atoms with Gasteiger partial charge < -0.3 is 10.1 Å². The van der Waals surface area contributed by atoms with Crippen molar-refractivity contribution >= 4 is 63.3 Å². The molecule has 0 spiro atoms. The van der Waals surface area contributed by atoms with Gasteiger partial charge in [-0.2, -0.15) is 0 Å². The van der Waals surface area contributed by atoms with Crippen molar-refractivity contribution in [3.63, 3.8) is 0 Å². The molecule has 1 heterocycles. The van der Waals surface area contributed by atoms with Crippen molar-refractivity contribution in [3.05, 3.63) is 52.5 Å². The smallest absolute Gasteiger partial charge is 0.247 e. The molecule has 1 aliphatic rings. The molecule has 29 heavy (non-hydrogen) atoms. The van der Waals surface area contributed by atoms with Crippen LogP contribution in [0.1, 0.15) is 13.3 Å². The topological polar surface area (TPSA) is 71.0 Å². The zero-order chi connectivity index (χ0) is 21.0. The van der Waals surface area contributed by atoms with E-state index in [-0.39, 0.29) is 18.2 Å². The van der Waals surface area contributed by atoms with Crippen molar-refractivity contribution in [2.45, 2.75) is 18.6 Å². The number of benzene rings is 2. The zero-order valence-electron chi connectivity index (χ0n) is 15.8. The number of nitrogens with zero attached hydrogens (tertiary/aromatic N) is 2. The van der Waals surface area contributed by atoms with Crippen molar-refractivity contribution in [2.75, 3.05) is 23.9 Å². The van der Waals surface area contributed by atoms with Crippen molar-refractivity contribution in [1.82, 2.24) is 0 Å². The van der Waals surface area contributed by atoms with Gasteiger partial charge in [0.2, 0.25) is 11.8 Å². The molecule has 2 amide bonds. The van der Waals surface area contributed by atoms with Gasteiger partial charge in [0.25, 0.3) is 0 Å². The summed E-state index contributed by atoms with van der Waals surface area (Å²) in [5.41, 5.74) is 1.15. The van der Waals surface area contributed by atoms with Gasteiger partial charge in [0.05, 0.1) is 12.8 Å². The first kappa shape index (κ1) is 21.5. The minimum absolute atomic E-state index is 0.0847. The molecule has 1 aliphatic heterocycles. The molecule has 6 nitrogen and oxygen atoms in total. The molecule has 1 N–H and O–H groups in total. The number of thioether (sulfide) groups is 1. The molecule has 2 aromatic rings. The van der Waals surface area contributed by atoms with Crippen LogP contribution in [0.15, 0.2) is 47.5 Å². The average molecular weight is 452 g/mol. The Labute approximate surface area is 183 Å². The molecule has 1 unspecified atom stereocenters. The normalized spacial score (nSPS) is 17.0. The number of nitrogens with one attached hydrogen (secondary N) is 1. The summed E-state index contributed by atoms with van der Waals surface area (Å²) in [6.45, 7) is 2.40. The average Bonchev–Trinajstić information content (AvgIpc) is 2.94. The number of ether oxygens (including phenoxy) is 1. The molecule has 1 atom stereocenters. The van der Waals surface area contributed by atoms with Gasteiger partial charge in [-0.25, -0.2) is 4.90 Å². The van der Waals surface area contributed by atoms with Crippen LogP contribution in [0.25, 0.3) is 0 Å². The molecular formula is C20H19Cl2N3O3S. The Bertz CT molecular complexity index is 947. The highest BCUT2D eigenvalue weighted by molar-refractivity contribution is 8.15. The first-order valence-electron chi connectivity index (χ1n) is 8.86.